The monoisotopic (exact) mass is 371 g/mol. The number of nitrogens with zero attached hydrogens (tertiary/aromatic N) is 3. The fourth-order valence-corrected chi connectivity index (χ4v) is 5.76. The molecular formula is C20H25N3O2S. The number of pyridine rings is 1. The van der Waals surface area contributed by atoms with Crippen molar-refractivity contribution in [1.29, 1.82) is 0 Å². The van der Waals surface area contributed by atoms with Crippen LogP contribution in [-0.4, -0.2) is 48.8 Å². The number of sulfonamides is 1. The van der Waals surface area contributed by atoms with Gasteiger partial charge in [0.2, 0.25) is 10.0 Å². The fourth-order valence-electron chi connectivity index (χ4n) is 4.02. The van der Waals surface area contributed by atoms with E-state index in [4.69, 9.17) is 0 Å². The lowest BCUT2D eigenvalue weighted by atomic mass is 9.73. The lowest BCUT2D eigenvalue weighted by Gasteiger charge is -2.53. The maximum Gasteiger partial charge on any atom is 0.218 e. The second-order valence-electron chi connectivity index (χ2n) is 7.64. The minimum Gasteiger partial charge on any atom is -0.299 e. The minimum absolute atomic E-state index is 0.109. The van der Waals surface area contributed by atoms with Crippen LogP contribution < -0.4 is 0 Å². The van der Waals surface area contributed by atoms with Gasteiger partial charge in [-0.2, -0.15) is 0 Å². The van der Waals surface area contributed by atoms with Crippen molar-refractivity contribution in [2.75, 3.05) is 26.2 Å². The van der Waals surface area contributed by atoms with Crippen LogP contribution >= 0.6 is 0 Å². The second-order valence-corrected chi connectivity index (χ2v) is 9.61. The number of benzene rings is 1. The maximum absolute atomic E-state index is 12.6. The van der Waals surface area contributed by atoms with Gasteiger partial charge < -0.3 is 0 Å². The Bertz CT molecular complexity index is 824. The molecular weight excluding hydrogens is 346 g/mol. The van der Waals surface area contributed by atoms with Crippen LogP contribution in [0, 0.1) is 5.41 Å². The number of likely N-dealkylation sites (tertiary alicyclic amines) is 1. The summed E-state index contributed by atoms with van der Waals surface area (Å²) in [7, 11) is -3.20. The first-order chi connectivity index (χ1) is 12.5. The standard InChI is InChI=1S/C20H25N3O2S/c24-26(25,15-19-4-2-1-3-5-19)23-16-20(17-23)8-12-22(13-9-20)14-18-6-10-21-11-7-18/h1-7,10-11H,8-9,12-17H2. The van der Waals surface area contributed by atoms with E-state index in [1.807, 2.05) is 42.7 Å². The third-order valence-electron chi connectivity index (χ3n) is 5.68. The summed E-state index contributed by atoms with van der Waals surface area (Å²) in [5.74, 6) is 0.109. The molecule has 6 heteroatoms. The molecule has 0 saturated carbocycles. The van der Waals surface area contributed by atoms with E-state index in [0.29, 0.717) is 13.1 Å². The predicted molar refractivity (Wildman–Crippen MR) is 102 cm³/mol. The van der Waals surface area contributed by atoms with Gasteiger partial charge in [-0.1, -0.05) is 30.3 Å². The molecule has 0 unspecified atom stereocenters. The highest BCUT2D eigenvalue weighted by molar-refractivity contribution is 7.88. The Morgan fingerprint density at radius 3 is 2.23 bits per heavy atom. The van der Waals surface area contributed by atoms with Crippen LogP contribution in [-0.2, 0) is 22.3 Å². The van der Waals surface area contributed by atoms with Gasteiger partial charge in [-0.3, -0.25) is 9.88 Å². The van der Waals surface area contributed by atoms with Crippen LogP contribution in [0.25, 0.3) is 0 Å². The highest BCUT2D eigenvalue weighted by Crippen LogP contribution is 2.42. The SMILES string of the molecule is O=S(=O)(Cc1ccccc1)N1CC2(CCN(Cc3ccncc3)CC2)C1. The normalized spacial score (nSPS) is 20.8. The van der Waals surface area contributed by atoms with E-state index < -0.39 is 10.0 Å². The van der Waals surface area contributed by atoms with Gasteiger partial charge in [0.15, 0.2) is 0 Å². The summed E-state index contributed by atoms with van der Waals surface area (Å²) in [5.41, 5.74) is 2.34. The van der Waals surface area contributed by atoms with E-state index in [1.165, 1.54) is 5.56 Å². The van der Waals surface area contributed by atoms with E-state index in [2.05, 4.69) is 22.0 Å². The summed E-state index contributed by atoms with van der Waals surface area (Å²) < 4.78 is 26.9. The Morgan fingerprint density at radius 1 is 0.923 bits per heavy atom. The zero-order valence-corrected chi connectivity index (χ0v) is 15.7. The van der Waals surface area contributed by atoms with E-state index in [9.17, 15) is 8.42 Å². The number of piperidine rings is 1. The molecule has 2 aliphatic rings. The van der Waals surface area contributed by atoms with E-state index in [-0.39, 0.29) is 11.2 Å². The lowest BCUT2D eigenvalue weighted by molar-refractivity contribution is -0.00147. The van der Waals surface area contributed by atoms with Crippen molar-refractivity contribution in [2.24, 2.45) is 5.41 Å². The molecule has 0 N–H and O–H groups in total. The topological polar surface area (TPSA) is 53.5 Å². The zero-order valence-electron chi connectivity index (χ0n) is 14.9. The van der Waals surface area contributed by atoms with E-state index in [0.717, 1.165) is 38.0 Å². The Kier molecular flexibility index (Phi) is 4.82. The van der Waals surface area contributed by atoms with Crippen LogP contribution in [0.2, 0.25) is 0 Å². The summed E-state index contributed by atoms with van der Waals surface area (Å²) in [6.45, 7) is 4.40. The molecule has 1 spiro atoms. The molecule has 2 saturated heterocycles. The van der Waals surface area contributed by atoms with Gasteiger partial charge in [-0.15, -0.1) is 0 Å². The van der Waals surface area contributed by atoms with Gasteiger partial charge in [-0.25, -0.2) is 12.7 Å². The average molecular weight is 372 g/mol. The largest absolute Gasteiger partial charge is 0.299 e. The first-order valence-corrected chi connectivity index (χ1v) is 10.8. The molecule has 0 bridgehead atoms. The molecule has 26 heavy (non-hydrogen) atoms. The highest BCUT2D eigenvalue weighted by atomic mass is 32.2. The van der Waals surface area contributed by atoms with E-state index in [1.54, 1.807) is 4.31 Å². The molecule has 0 amide bonds. The summed E-state index contributed by atoms with van der Waals surface area (Å²) in [5, 5.41) is 0. The number of rotatable bonds is 5. The molecule has 5 nitrogen and oxygen atoms in total. The van der Waals surface area contributed by atoms with Crippen molar-refractivity contribution < 1.29 is 8.42 Å². The predicted octanol–water partition coefficient (Wildman–Crippen LogP) is 2.51. The molecule has 2 fully saturated rings. The van der Waals surface area contributed by atoms with Crippen molar-refractivity contribution in [2.45, 2.75) is 25.1 Å². The third kappa shape index (κ3) is 3.82. The summed E-state index contributed by atoms with van der Waals surface area (Å²) in [4.78, 5) is 6.52. The van der Waals surface area contributed by atoms with Crippen molar-refractivity contribution in [3.8, 4) is 0 Å². The molecule has 4 rings (SSSR count). The van der Waals surface area contributed by atoms with Crippen LogP contribution in [0.3, 0.4) is 0 Å². The molecule has 0 atom stereocenters. The van der Waals surface area contributed by atoms with Crippen LogP contribution in [0.1, 0.15) is 24.0 Å². The van der Waals surface area contributed by atoms with Gasteiger partial charge in [0, 0.05) is 37.4 Å². The van der Waals surface area contributed by atoms with Crippen molar-refractivity contribution >= 4 is 10.0 Å². The van der Waals surface area contributed by atoms with Crippen molar-refractivity contribution in [3.63, 3.8) is 0 Å². The minimum atomic E-state index is -3.20. The second kappa shape index (κ2) is 7.10. The Hall–Kier alpha value is -1.76. The third-order valence-corrected chi connectivity index (χ3v) is 7.42. The Balaban J connectivity index is 1.29. The first kappa shape index (κ1) is 17.6. The van der Waals surface area contributed by atoms with Crippen molar-refractivity contribution in [3.05, 3.63) is 66.0 Å². The van der Waals surface area contributed by atoms with Gasteiger partial charge in [-0.05, 0) is 49.2 Å². The maximum atomic E-state index is 12.6. The van der Waals surface area contributed by atoms with Gasteiger partial charge in [0.05, 0.1) is 5.75 Å². The lowest BCUT2D eigenvalue weighted by Crippen LogP contribution is -2.61. The average Bonchev–Trinajstić information content (AvgIpc) is 2.62. The number of hydrogen-bond donors (Lipinski definition) is 0. The van der Waals surface area contributed by atoms with Crippen LogP contribution in [0.4, 0.5) is 0 Å². The first-order valence-electron chi connectivity index (χ1n) is 9.18. The molecule has 1 aromatic carbocycles. The van der Waals surface area contributed by atoms with Gasteiger partial charge in [0.1, 0.15) is 0 Å². The molecule has 2 aromatic rings. The molecule has 2 aliphatic heterocycles. The summed E-state index contributed by atoms with van der Waals surface area (Å²) in [6, 6.07) is 13.6. The number of aromatic nitrogens is 1. The molecule has 138 valence electrons. The number of hydrogen-bond acceptors (Lipinski definition) is 4. The molecule has 0 aliphatic carbocycles. The zero-order chi connectivity index (χ0) is 18.0. The quantitative estimate of drug-likeness (QED) is 0.810. The van der Waals surface area contributed by atoms with Crippen LogP contribution in [0.15, 0.2) is 54.9 Å². The summed E-state index contributed by atoms with van der Waals surface area (Å²) in [6.07, 6.45) is 5.83. The smallest absolute Gasteiger partial charge is 0.218 e. The van der Waals surface area contributed by atoms with Gasteiger partial charge in [0.25, 0.3) is 0 Å². The van der Waals surface area contributed by atoms with Crippen LogP contribution in [0.5, 0.6) is 0 Å². The highest BCUT2D eigenvalue weighted by Gasteiger charge is 2.48. The Labute approximate surface area is 155 Å². The molecule has 1 aromatic heterocycles. The van der Waals surface area contributed by atoms with Crippen molar-refractivity contribution in [1.82, 2.24) is 14.2 Å². The van der Waals surface area contributed by atoms with Gasteiger partial charge >= 0.3 is 0 Å². The molecule has 0 radical (unpaired) electrons. The summed E-state index contributed by atoms with van der Waals surface area (Å²) >= 11 is 0. The fraction of sp³-hybridized carbons (Fsp3) is 0.450. The Morgan fingerprint density at radius 2 is 1.58 bits per heavy atom. The van der Waals surface area contributed by atoms with E-state index >= 15 is 0 Å². The molecule has 3 heterocycles.